The van der Waals surface area contributed by atoms with E-state index in [0.717, 1.165) is 0 Å². The van der Waals surface area contributed by atoms with Gasteiger partial charge < -0.3 is 10.2 Å². The molecule has 0 saturated carbocycles. The molecule has 0 aliphatic heterocycles. The molecule has 0 aliphatic rings. The topological polar surface area (TPSA) is 57.5 Å². The Morgan fingerprint density at radius 3 is 2.09 bits per heavy atom. The van der Waals surface area contributed by atoms with Crippen molar-refractivity contribution in [1.29, 1.82) is 0 Å². The standard InChI is InChI=1S/C6H8O3S2/c1-3(7)5(6(8)9)4(11)2-10/h7,10H,2H2,1H3,(H,8,9). The second-order valence-electron chi connectivity index (χ2n) is 1.85. The molecule has 0 amide bonds. The van der Waals surface area contributed by atoms with Crippen molar-refractivity contribution in [2.24, 2.45) is 0 Å². The first-order valence-electron chi connectivity index (χ1n) is 2.78. The summed E-state index contributed by atoms with van der Waals surface area (Å²) in [6.45, 7) is 1.28. The Balaban J connectivity index is 4.79. The normalized spacial score (nSPS) is 12.2. The van der Waals surface area contributed by atoms with Gasteiger partial charge in [-0.25, -0.2) is 4.79 Å². The number of carboxylic acids is 1. The predicted molar refractivity (Wildman–Crippen MR) is 49.4 cm³/mol. The van der Waals surface area contributed by atoms with Crippen molar-refractivity contribution in [2.75, 3.05) is 5.75 Å². The highest BCUT2D eigenvalue weighted by molar-refractivity contribution is 7.86. The predicted octanol–water partition coefficient (Wildman–Crippen LogP) is 1.20. The Morgan fingerprint density at radius 1 is 1.55 bits per heavy atom. The van der Waals surface area contributed by atoms with E-state index in [1.54, 1.807) is 0 Å². The lowest BCUT2D eigenvalue weighted by atomic mass is 10.2. The fourth-order valence-corrected chi connectivity index (χ4v) is 0.948. The lowest BCUT2D eigenvalue weighted by Crippen LogP contribution is -2.13. The van der Waals surface area contributed by atoms with Crippen LogP contribution in [0.15, 0.2) is 11.3 Å². The van der Waals surface area contributed by atoms with Crippen LogP contribution < -0.4 is 0 Å². The Labute approximate surface area is 75.1 Å². The molecule has 2 N–H and O–H groups in total. The van der Waals surface area contributed by atoms with Crippen molar-refractivity contribution < 1.29 is 15.0 Å². The summed E-state index contributed by atoms with van der Waals surface area (Å²) in [6.07, 6.45) is 0. The fraction of sp³-hybridized carbons (Fsp3) is 0.333. The highest BCUT2D eigenvalue weighted by Crippen LogP contribution is 2.05. The first-order valence-corrected chi connectivity index (χ1v) is 3.82. The second kappa shape index (κ2) is 4.35. The second-order valence-corrected chi connectivity index (χ2v) is 2.66. The summed E-state index contributed by atoms with van der Waals surface area (Å²) in [5.41, 5.74) is -0.227. The van der Waals surface area contributed by atoms with Crippen LogP contribution in [0.5, 0.6) is 0 Å². The molecule has 0 atom stereocenters. The smallest absolute Gasteiger partial charge is 0.340 e. The Bertz CT molecular complexity index is 216. The summed E-state index contributed by atoms with van der Waals surface area (Å²) in [6, 6.07) is 0. The molecule has 0 radical (unpaired) electrons. The zero-order chi connectivity index (χ0) is 9.02. The molecular formula is C6H8O3S2. The summed E-state index contributed by atoms with van der Waals surface area (Å²) >= 11 is 8.45. The van der Waals surface area contributed by atoms with Gasteiger partial charge in [-0.2, -0.15) is 12.6 Å². The molecule has 5 heteroatoms. The number of aliphatic carboxylic acids is 1. The van der Waals surface area contributed by atoms with Crippen molar-refractivity contribution in [3.8, 4) is 0 Å². The van der Waals surface area contributed by atoms with Gasteiger partial charge >= 0.3 is 5.97 Å². The number of carbonyl (C=O) groups is 1. The number of aliphatic hydroxyl groups is 1. The van der Waals surface area contributed by atoms with Crippen LogP contribution in [0.25, 0.3) is 0 Å². The van der Waals surface area contributed by atoms with Crippen molar-refractivity contribution in [1.82, 2.24) is 0 Å². The summed E-state index contributed by atoms with van der Waals surface area (Å²) in [4.78, 5) is 10.5. The highest BCUT2D eigenvalue weighted by Gasteiger charge is 2.15. The molecule has 62 valence electrons. The minimum atomic E-state index is -1.22. The fourth-order valence-electron chi connectivity index (χ4n) is 0.555. The summed E-state index contributed by atoms with van der Waals surface area (Å²) in [7, 11) is 0. The van der Waals surface area contributed by atoms with Gasteiger partial charge in [0.1, 0.15) is 11.3 Å². The van der Waals surface area contributed by atoms with Crippen LogP contribution in [0.3, 0.4) is 0 Å². The van der Waals surface area contributed by atoms with Gasteiger partial charge in [-0.1, -0.05) is 12.2 Å². The number of allylic oxidation sites excluding steroid dienone is 1. The number of hydrogen-bond acceptors (Lipinski definition) is 4. The van der Waals surface area contributed by atoms with Crippen LogP contribution in [0.4, 0.5) is 0 Å². The van der Waals surface area contributed by atoms with Gasteiger partial charge in [0, 0.05) is 10.6 Å². The van der Waals surface area contributed by atoms with Crippen LogP contribution >= 0.6 is 24.8 Å². The molecule has 11 heavy (non-hydrogen) atoms. The van der Waals surface area contributed by atoms with Gasteiger partial charge in [0.05, 0.1) is 0 Å². The highest BCUT2D eigenvalue weighted by atomic mass is 32.1. The lowest BCUT2D eigenvalue weighted by molar-refractivity contribution is -0.132. The van der Waals surface area contributed by atoms with Crippen molar-refractivity contribution in [2.45, 2.75) is 6.92 Å². The summed E-state index contributed by atoms with van der Waals surface area (Å²) in [5, 5.41) is 17.4. The van der Waals surface area contributed by atoms with Crippen molar-refractivity contribution in [3.63, 3.8) is 0 Å². The molecule has 0 rings (SSSR count). The number of hydrogen-bond donors (Lipinski definition) is 3. The van der Waals surface area contributed by atoms with E-state index >= 15 is 0 Å². The molecule has 0 spiro atoms. The SMILES string of the molecule is CC(O)=C(C(=O)O)C(=S)CS. The number of thiol groups is 1. The maximum Gasteiger partial charge on any atom is 0.340 e. The maximum absolute atomic E-state index is 10.4. The van der Waals surface area contributed by atoms with Gasteiger partial charge in [-0.15, -0.1) is 0 Å². The van der Waals surface area contributed by atoms with E-state index in [1.165, 1.54) is 6.92 Å². The minimum absolute atomic E-state index is 0.140. The first kappa shape index (κ1) is 10.4. The zero-order valence-corrected chi connectivity index (χ0v) is 7.58. The number of aliphatic hydroxyl groups excluding tert-OH is 1. The van der Waals surface area contributed by atoms with E-state index in [4.69, 9.17) is 10.2 Å². The summed E-state index contributed by atoms with van der Waals surface area (Å²) in [5.74, 6) is -1.35. The molecule has 0 aromatic rings. The quantitative estimate of drug-likeness (QED) is 0.272. The van der Waals surface area contributed by atoms with Crippen LogP contribution in [0.1, 0.15) is 6.92 Å². The van der Waals surface area contributed by atoms with Crippen LogP contribution in [0.2, 0.25) is 0 Å². The molecule has 0 aliphatic carbocycles. The molecule has 3 nitrogen and oxygen atoms in total. The molecule has 0 saturated heterocycles. The van der Waals surface area contributed by atoms with Crippen molar-refractivity contribution in [3.05, 3.63) is 11.3 Å². The molecular weight excluding hydrogens is 184 g/mol. The zero-order valence-electron chi connectivity index (χ0n) is 5.87. The largest absolute Gasteiger partial charge is 0.512 e. The van der Waals surface area contributed by atoms with E-state index in [1.807, 2.05) is 0 Å². The third kappa shape index (κ3) is 2.90. The Morgan fingerprint density at radius 2 is 2.00 bits per heavy atom. The van der Waals surface area contributed by atoms with Gasteiger partial charge in [0.15, 0.2) is 0 Å². The molecule has 0 aromatic carbocycles. The third-order valence-corrected chi connectivity index (χ3v) is 1.88. The Kier molecular flexibility index (Phi) is 4.14. The molecule has 0 unspecified atom stereocenters. The van der Waals surface area contributed by atoms with Crippen LogP contribution in [-0.4, -0.2) is 26.8 Å². The van der Waals surface area contributed by atoms with E-state index in [9.17, 15) is 4.79 Å². The van der Waals surface area contributed by atoms with E-state index < -0.39 is 5.97 Å². The van der Waals surface area contributed by atoms with Gasteiger partial charge in [-0.3, -0.25) is 0 Å². The van der Waals surface area contributed by atoms with Gasteiger partial charge in [0.2, 0.25) is 0 Å². The first-order chi connectivity index (χ1) is 5.00. The monoisotopic (exact) mass is 192 g/mol. The Hall–Kier alpha value is -0.550. The van der Waals surface area contributed by atoms with Gasteiger partial charge in [0.25, 0.3) is 0 Å². The number of thiocarbonyl (C=S) groups is 1. The average molecular weight is 192 g/mol. The van der Waals surface area contributed by atoms with Crippen LogP contribution in [0, 0.1) is 0 Å². The molecule has 0 aromatic heterocycles. The number of carboxylic acid groups (broad SMARTS) is 1. The summed E-state index contributed by atoms with van der Waals surface area (Å²) < 4.78 is 0. The molecule has 0 fully saturated rings. The van der Waals surface area contributed by atoms with Crippen LogP contribution in [-0.2, 0) is 4.79 Å². The maximum atomic E-state index is 10.4. The lowest BCUT2D eigenvalue weighted by Gasteiger charge is -2.01. The average Bonchev–Trinajstić information content (AvgIpc) is 1.85. The van der Waals surface area contributed by atoms with Gasteiger partial charge in [-0.05, 0) is 6.92 Å². The molecule has 0 bridgehead atoms. The molecule has 0 heterocycles. The van der Waals surface area contributed by atoms with Crippen molar-refractivity contribution >= 4 is 35.7 Å². The minimum Gasteiger partial charge on any atom is -0.512 e. The van der Waals surface area contributed by atoms with E-state index in [0.29, 0.717) is 0 Å². The van der Waals surface area contributed by atoms with E-state index in [2.05, 4.69) is 24.8 Å². The van der Waals surface area contributed by atoms with E-state index in [-0.39, 0.29) is 21.9 Å². The third-order valence-electron chi connectivity index (χ3n) is 0.998. The number of rotatable bonds is 3.